The lowest BCUT2D eigenvalue weighted by atomic mass is 10.2. The molecular weight excluding hydrogens is 285 g/mol. The van der Waals surface area contributed by atoms with Gasteiger partial charge in [0.25, 0.3) is 0 Å². The van der Waals surface area contributed by atoms with Crippen molar-refractivity contribution in [2.75, 3.05) is 12.4 Å². The van der Waals surface area contributed by atoms with Crippen molar-refractivity contribution in [2.24, 2.45) is 5.73 Å². The van der Waals surface area contributed by atoms with Gasteiger partial charge in [0.05, 0.1) is 11.4 Å². The van der Waals surface area contributed by atoms with E-state index in [2.05, 4.69) is 5.32 Å². The number of nitrogens with zero attached hydrogens (tertiary/aromatic N) is 1. The van der Waals surface area contributed by atoms with Crippen LogP contribution in [0.3, 0.4) is 0 Å². The van der Waals surface area contributed by atoms with Crippen molar-refractivity contribution >= 4 is 17.6 Å². The summed E-state index contributed by atoms with van der Waals surface area (Å²) < 4.78 is 37.7. The number of hydrogen-bond acceptors (Lipinski definition) is 2. The third kappa shape index (κ3) is 4.97. The predicted molar refractivity (Wildman–Crippen MR) is 74.2 cm³/mol. The Labute approximate surface area is 120 Å². The summed E-state index contributed by atoms with van der Waals surface area (Å²) in [6, 6.07) is 3.48. The van der Waals surface area contributed by atoms with Gasteiger partial charge in [-0.1, -0.05) is 6.07 Å². The summed E-state index contributed by atoms with van der Waals surface area (Å²) in [7, 11) is 1.48. The van der Waals surface area contributed by atoms with Gasteiger partial charge in [-0.25, -0.2) is 4.79 Å². The molecule has 0 saturated heterocycles. The molecule has 1 rings (SSSR count). The average molecular weight is 302 g/mol. The summed E-state index contributed by atoms with van der Waals surface area (Å²) in [5.41, 5.74) is 4.47. The van der Waals surface area contributed by atoms with E-state index in [4.69, 9.17) is 11.1 Å². The van der Waals surface area contributed by atoms with Gasteiger partial charge in [-0.15, -0.1) is 0 Å². The van der Waals surface area contributed by atoms with Crippen molar-refractivity contribution in [3.63, 3.8) is 0 Å². The maximum absolute atomic E-state index is 12.6. The summed E-state index contributed by atoms with van der Waals surface area (Å²) in [6.45, 7) is 1.69. The topological polar surface area (TPSA) is 82.2 Å². The molecule has 8 heteroatoms. The van der Waals surface area contributed by atoms with Crippen molar-refractivity contribution in [1.82, 2.24) is 4.90 Å². The number of rotatable bonds is 4. The fraction of sp³-hybridized carbons (Fsp3) is 0.385. The van der Waals surface area contributed by atoms with Crippen LogP contribution in [0.5, 0.6) is 0 Å². The number of halogens is 3. The number of carbonyl (C=O) groups excluding carboxylic acids is 1. The van der Waals surface area contributed by atoms with Crippen LogP contribution in [0, 0.1) is 5.41 Å². The molecule has 5 nitrogen and oxygen atoms in total. The second-order valence-electron chi connectivity index (χ2n) is 4.70. The Kier molecular flexibility index (Phi) is 5.17. The second-order valence-corrected chi connectivity index (χ2v) is 4.70. The molecule has 0 aliphatic heterocycles. The van der Waals surface area contributed by atoms with Crippen LogP contribution in [0.25, 0.3) is 0 Å². The number of nitrogens with two attached hydrogens (primary N) is 1. The number of hydrogen-bond donors (Lipinski definition) is 3. The van der Waals surface area contributed by atoms with Gasteiger partial charge in [-0.3, -0.25) is 5.41 Å². The Bertz CT molecular complexity index is 530. The van der Waals surface area contributed by atoms with E-state index in [1.165, 1.54) is 24.1 Å². The Balaban J connectivity index is 2.77. The zero-order valence-corrected chi connectivity index (χ0v) is 11.7. The maximum atomic E-state index is 12.6. The van der Waals surface area contributed by atoms with Gasteiger partial charge in [-0.05, 0) is 25.1 Å². The molecule has 0 saturated carbocycles. The monoisotopic (exact) mass is 302 g/mol. The highest BCUT2D eigenvalue weighted by Crippen LogP contribution is 2.30. The Morgan fingerprint density at radius 3 is 2.62 bits per heavy atom. The standard InChI is InChI=1S/C13H17F3N4O/c1-8(6-11(17)18)20(2)12(21)19-10-5-3-4-9(7-10)13(14,15)16/h3-5,7-8H,6H2,1-2H3,(H3,17,18)(H,19,21). The van der Waals surface area contributed by atoms with Crippen LogP contribution < -0.4 is 11.1 Å². The quantitative estimate of drug-likeness (QED) is 0.590. The number of nitrogens with one attached hydrogen (secondary N) is 2. The third-order valence-corrected chi connectivity index (χ3v) is 2.94. The van der Waals surface area contributed by atoms with Crippen molar-refractivity contribution in [2.45, 2.75) is 25.6 Å². The lowest BCUT2D eigenvalue weighted by molar-refractivity contribution is -0.137. The maximum Gasteiger partial charge on any atom is 0.416 e. The number of benzene rings is 1. The minimum Gasteiger partial charge on any atom is -0.388 e. The molecule has 21 heavy (non-hydrogen) atoms. The van der Waals surface area contributed by atoms with Gasteiger partial charge in [0, 0.05) is 25.2 Å². The number of amidine groups is 1. The molecule has 1 atom stereocenters. The molecule has 0 spiro atoms. The van der Waals surface area contributed by atoms with Gasteiger partial charge in [0.2, 0.25) is 0 Å². The Morgan fingerprint density at radius 1 is 1.48 bits per heavy atom. The molecule has 1 unspecified atom stereocenters. The van der Waals surface area contributed by atoms with Gasteiger partial charge in [0.1, 0.15) is 0 Å². The van der Waals surface area contributed by atoms with Crippen LogP contribution in [0.15, 0.2) is 24.3 Å². The zero-order chi connectivity index (χ0) is 16.2. The summed E-state index contributed by atoms with van der Waals surface area (Å²) in [5.74, 6) is -0.0683. The molecule has 0 aliphatic carbocycles. The molecule has 1 aromatic rings. The van der Waals surface area contributed by atoms with E-state index in [9.17, 15) is 18.0 Å². The van der Waals surface area contributed by atoms with E-state index in [1.54, 1.807) is 6.92 Å². The van der Waals surface area contributed by atoms with Gasteiger partial charge < -0.3 is 16.0 Å². The van der Waals surface area contributed by atoms with E-state index < -0.39 is 17.8 Å². The van der Waals surface area contributed by atoms with Gasteiger partial charge >= 0.3 is 12.2 Å². The minimum atomic E-state index is -4.46. The second kappa shape index (κ2) is 6.47. The Morgan fingerprint density at radius 2 is 2.10 bits per heavy atom. The summed E-state index contributed by atoms with van der Waals surface area (Å²) in [4.78, 5) is 13.2. The molecular formula is C13H17F3N4O. The molecule has 116 valence electrons. The Hall–Kier alpha value is -2.25. The number of urea groups is 1. The zero-order valence-electron chi connectivity index (χ0n) is 11.7. The smallest absolute Gasteiger partial charge is 0.388 e. The molecule has 4 N–H and O–H groups in total. The summed E-state index contributed by atoms with van der Waals surface area (Å²) >= 11 is 0. The van der Waals surface area contributed by atoms with Crippen molar-refractivity contribution in [1.29, 1.82) is 5.41 Å². The highest BCUT2D eigenvalue weighted by molar-refractivity contribution is 5.90. The SMILES string of the molecule is CC(CC(=N)N)N(C)C(=O)Nc1cccc(C(F)(F)F)c1. The van der Waals surface area contributed by atoms with E-state index in [-0.39, 0.29) is 24.0 Å². The van der Waals surface area contributed by atoms with Crippen LogP contribution in [-0.2, 0) is 6.18 Å². The fourth-order valence-electron chi connectivity index (χ4n) is 1.64. The molecule has 2 amide bonds. The summed E-state index contributed by atoms with van der Waals surface area (Å²) in [5, 5.41) is 9.56. The molecule has 0 radical (unpaired) electrons. The van der Waals surface area contributed by atoms with E-state index in [0.717, 1.165) is 12.1 Å². The van der Waals surface area contributed by atoms with Crippen molar-refractivity contribution < 1.29 is 18.0 Å². The highest BCUT2D eigenvalue weighted by Gasteiger charge is 2.30. The third-order valence-electron chi connectivity index (χ3n) is 2.94. The van der Waals surface area contributed by atoms with E-state index in [0.29, 0.717) is 0 Å². The first kappa shape index (κ1) is 16.8. The highest BCUT2D eigenvalue weighted by atomic mass is 19.4. The van der Waals surface area contributed by atoms with Crippen LogP contribution in [0.4, 0.5) is 23.7 Å². The van der Waals surface area contributed by atoms with E-state index >= 15 is 0 Å². The van der Waals surface area contributed by atoms with Crippen molar-refractivity contribution in [3.8, 4) is 0 Å². The van der Waals surface area contributed by atoms with Crippen LogP contribution >= 0.6 is 0 Å². The number of carbonyl (C=O) groups is 1. The van der Waals surface area contributed by atoms with Crippen LogP contribution in [0.1, 0.15) is 18.9 Å². The van der Waals surface area contributed by atoms with E-state index in [1.807, 2.05) is 0 Å². The fourth-order valence-corrected chi connectivity index (χ4v) is 1.64. The van der Waals surface area contributed by atoms with Gasteiger partial charge in [-0.2, -0.15) is 13.2 Å². The largest absolute Gasteiger partial charge is 0.416 e. The van der Waals surface area contributed by atoms with Gasteiger partial charge in [0.15, 0.2) is 0 Å². The molecule has 0 heterocycles. The van der Waals surface area contributed by atoms with Crippen LogP contribution in [0.2, 0.25) is 0 Å². The first-order chi connectivity index (χ1) is 9.61. The minimum absolute atomic E-state index is 0.0525. The lowest BCUT2D eigenvalue weighted by Gasteiger charge is -2.25. The van der Waals surface area contributed by atoms with Crippen molar-refractivity contribution in [3.05, 3.63) is 29.8 Å². The average Bonchev–Trinajstić information content (AvgIpc) is 2.36. The molecule has 0 bridgehead atoms. The number of anilines is 1. The predicted octanol–water partition coefficient (Wildman–Crippen LogP) is 2.88. The first-order valence-corrected chi connectivity index (χ1v) is 6.15. The molecule has 0 fully saturated rings. The molecule has 1 aromatic carbocycles. The lowest BCUT2D eigenvalue weighted by Crippen LogP contribution is -2.40. The summed E-state index contributed by atoms with van der Waals surface area (Å²) in [6.07, 6.45) is -4.28. The molecule has 0 aromatic heterocycles. The molecule has 0 aliphatic rings. The normalized spacial score (nSPS) is 12.6. The number of alkyl halides is 3. The first-order valence-electron chi connectivity index (χ1n) is 6.15. The van der Waals surface area contributed by atoms with Crippen LogP contribution in [-0.4, -0.2) is 29.9 Å². The number of amides is 2.